The van der Waals surface area contributed by atoms with E-state index in [1.807, 2.05) is 0 Å². The summed E-state index contributed by atoms with van der Waals surface area (Å²) in [6, 6.07) is 9.04. The molecular formula is C18H19ClF3N3OS. The van der Waals surface area contributed by atoms with Crippen LogP contribution in [-0.4, -0.2) is 16.8 Å². The number of hydrogen-bond donors (Lipinski definition) is 2. The highest BCUT2D eigenvalue weighted by atomic mass is 35.5. The molecule has 146 valence electrons. The minimum Gasteiger partial charge on any atom is -0.326 e. The first-order valence-electron chi connectivity index (χ1n) is 8.21. The number of aromatic nitrogens is 1. The first kappa shape index (κ1) is 21.5. The van der Waals surface area contributed by atoms with Crippen LogP contribution in [-0.2, 0) is 4.79 Å². The molecule has 1 heterocycles. The van der Waals surface area contributed by atoms with E-state index in [1.165, 1.54) is 18.3 Å². The zero-order chi connectivity index (χ0) is 19.9. The molecule has 1 atom stereocenters. The summed E-state index contributed by atoms with van der Waals surface area (Å²) in [5.74, 6) is -4.02. The Balaban J connectivity index is 0.000000273. The average Bonchev–Trinajstić information content (AvgIpc) is 2.61. The number of nitrogens with two attached hydrogens (primary N) is 1. The van der Waals surface area contributed by atoms with Crippen LogP contribution in [0, 0.1) is 11.7 Å². The number of amides is 1. The highest BCUT2D eigenvalue weighted by Crippen LogP contribution is 2.37. The lowest BCUT2D eigenvalue weighted by molar-refractivity contribution is -0.127. The normalized spacial score (nSPS) is 18.2. The van der Waals surface area contributed by atoms with Gasteiger partial charge in [-0.3, -0.25) is 9.93 Å². The number of nitrogens with one attached hydrogen (secondary N) is 1. The third-order valence-electron chi connectivity index (χ3n) is 3.92. The van der Waals surface area contributed by atoms with Gasteiger partial charge in [-0.2, -0.15) is 0 Å². The topological polar surface area (TPSA) is 68.0 Å². The lowest BCUT2D eigenvalue weighted by Gasteiger charge is -2.27. The molecule has 9 heteroatoms. The Morgan fingerprint density at radius 3 is 2.70 bits per heavy atom. The van der Waals surface area contributed by atoms with E-state index in [0.717, 1.165) is 11.9 Å². The maximum absolute atomic E-state index is 13.3. The van der Waals surface area contributed by atoms with E-state index < -0.39 is 11.8 Å². The summed E-state index contributed by atoms with van der Waals surface area (Å²) in [4.78, 5) is 15.9. The Morgan fingerprint density at radius 1 is 1.33 bits per heavy atom. The molecule has 27 heavy (non-hydrogen) atoms. The molecule has 0 radical (unpaired) electrons. The van der Waals surface area contributed by atoms with Gasteiger partial charge in [0.1, 0.15) is 10.8 Å². The average molecular weight is 418 g/mol. The van der Waals surface area contributed by atoms with Gasteiger partial charge in [0, 0.05) is 35.7 Å². The molecule has 1 fully saturated rings. The van der Waals surface area contributed by atoms with E-state index in [4.69, 9.17) is 16.7 Å². The van der Waals surface area contributed by atoms with Crippen LogP contribution < -0.4 is 10.5 Å². The van der Waals surface area contributed by atoms with Crippen molar-refractivity contribution in [2.24, 2.45) is 11.1 Å². The smallest absolute Gasteiger partial charge is 0.248 e. The van der Waals surface area contributed by atoms with Crippen molar-refractivity contribution in [2.75, 3.05) is 5.32 Å². The first-order chi connectivity index (χ1) is 12.8. The van der Waals surface area contributed by atoms with Gasteiger partial charge in [-0.15, -0.1) is 0 Å². The van der Waals surface area contributed by atoms with E-state index in [-0.39, 0.29) is 24.6 Å². The van der Waals surface area contributed by atoms with Crippen molar-refractivity contribution >= 4 is 35.1 Å². The molecule has 2 aromatic rings. The molecule has 3 N–H and O–H groups in total. The van der Waals surface area contributed by atoms with E-state index in [2.05, 4.69) is 10.3 Å². The summed E-state index contributed by atoms with van der Waals surface area (Å²) in [6.45, 7) is 0. The molecule has 3 rings (SSSR count). The van der Waals surface area contributed by atoms with Gasteiger partial charge in [0.05, 0.1) is 0 Å². The number of alkyl halides is 2. The molecule has 0 spiro atoms. The van der Waals surface area contributed by atoms with Gasteiger partial charge in [-0.1, -0.05) is 17.7 Å². The number of hydrogen-bond acceptors (Lipinski definition) is 4. The standard InChI is InChI=1S/C12H15F2N3OS.C6H4ClF/c13-12(14)4-1-2-8(7-12)11(18)17-9-3-5-16-10(6-9)19-15;7-5-2-1-3-6(8)4-5/h3,5-6,8H,1-2,4,7,15H2,(H,16,17,18);1-4H. The van der Waals surface area contributed by atoms with Crippen molar-refractivity contribution in [1.29, 1.82) is 0 Å². The summed E-state index contributed by atoms with van der Waals surface area (Å²) in [7, 11) is 0. The zero-order valence-corrected chi connectivity index (χ0v) is 15.9. The van der Waals surface area contributed by atoms with Gasteiger partial charge in [0.15, 0.2) is 0 Å². The Bertz CT molecular complexity index is 762. The van der Waals surface area contributed by atoms with Crippen LogP contribution in [0.1, 0.15) is 25.7 Å². The van der Waals surface area contributed by atoms with E-state index >= 15 is 0 Å². The number of pyridine rings is 1. The Labute approximate surface area is 164 Å². The van der Waals surface area contributed by atoms with Gasteiger partial charge in [0.2, 0.25) is 11.8 Å². The quantitative estimate of drug-likeness (QED) is 0.666. The molecule has 4 nitrogen and oxygen atoms in total. The van der Waals surface area contributed by atoms with Crippen LogP contribution in [0.4, 0.5) is 18.9 Å². The molecule has 0 bridgehead atoms. The Kier molecular flexibility index (Phi) is 7.94. The van der Waals surface area contributed by atoms with Crippen LogP contribution in [0.3, 0.4) is 0 Å². The SMILES string of the molecule is Fc1cccc(Cl)c1.NSc1cc(NC(=O)C2CCCC(F)(F)C2)ccn1. The molecule has 1 amide bonds. The fourth-order valence-corrected chi connectivity index (χ4v) is 3.15. The number of rotatable bonds is 3. The predicted molar refractivity (Wildman–Crippen MR) is 101 cm³/mol. The van der Waals surface area contributed by atoms with Gasteiger partial charge >= 0.3 is 0 Å². The van der Waals surface area contributed by atoms with Gasteiger partial charge in [-0.25, -0.2) is 18.2 Å². The van der Waals surface area contributed by atoms with Crippen molar-refractivity contribution < 1.29 is 18.0 Å². The number of halogens is 4. The summed E-state index contributed by atoms with van der Waals surface area (Å²) in [6.07, 6.45) is 1.90. The second kappa shape index (κ2) is 9.96. The summed E-state index contributed by atoms with van der Waals surface area (Å²) in [5.41, 5.74) is 0.529. The Morgan fingerprint density at radius 2 is 2.11 bits per heavy atom. The van der Waals surface area contributed by atoms with Crippen LogP contribution >= 0.6 is 23.5 Å². The van der Waals surface area contributed by atoms with Crippen molar-refractivity contribution in [3.8, 4) is 0 Å². The highest BCUT2D eigenvalue weighted by Gasteiger charge is 2.39. The van der Waals surface area contributed by atoms with Crippen LogP contribution in [0.15, 0.2) is 47.6 Å². The lowest BCUT2D eigenvalue weighted by atomic mass is 9.86. The minimum atomic E-state index is -2.73. The molecule has 1 saturated carbocycles. The molecular weight excluding hydrogens is 399 g/mol. The predicted octanol–water partition coefficient (Wildman–Crippen LogP) is 5.29. The molecule has 1 unspecified atom stereocenters. The van der Waals surface area contributed by atoms with Crippen LogP contribution in [0.5, 0.6) is 0 Å². The van der Waals surface area contributed by atoms with E-state index in [1.54, 1.807) is 24.3 Å². The second-order valence-electron chi connectivity index (χ2n) is 6.08. The number of benzene rings is 1. The van der Waals surface area contributed by atoms with Crippen molar-refractivity contribution in [3.05, 3.63) is 53.4 Å². The maximum Gasteiger partial charge on any atom is 0.248 e. The zero-order valence-electron chi connectivity index (χ0n) is 14.3. The highest BCUT2D eigenvalue weighted by molar-refractivity contribution is 7.97. The van der Waals surface area contributed by atoms with Crippen molar-refractivity contribution in [1.82, 2.24) is 4.98 Å². The molecule has 1 aliphatic carbocycles. The summed E-state index contributed by atoms with van der Waals surface area (Å²) in [5, 5.41) is 9.01. The second-order valence-corrected chi connectivity index (χ2v) is 7.17. The number of nitrogens with zero attached hydrogens (tertiary/aromatic N) is 1. The lowest BCUT2D eigenvalue weighted by Crippen LogP contribution is -2.33. The fraction of sp³-hybridized carbons (Fsp3) is 0.333. The number of anilines is 1. The van der Waals surface area contributed by atoms with Gasteiger partial charge < -0.3 is 5.32 Å². The molecule has 1 aliphatic rings. The van der Waals surface area contributed by atoms with Crippen molar-refractivity contribution in [3.63, 3.8) is 0 Å². The van der Waals surface area contributed by atoms with Crippen molar-refractivity contribution in [2.45, 2.75) is 36.6 Å². The van der Waals surface area contributed by atoms with Gasteiger partial charge in [0.25, 0.3) is 0 Å². The molecule has 1 aromatic carbocycles. The molecule has 0 aliphatic heterocycles. The molecule has 1 aromatic heterocycles. The summed E-state index contributed by atoms with van der Waals surface area (Å²) < 4.78 is 38.6. The Hall–Kier alpha value is -1.77. The largest absolute Gasteiger partial charge is 0.326 e. The minimum absolute atomic E-state index is 0.125. The van der Waals surface area contributed by atoms with Crippen LogP contribution in [0.2, 0.25) is 5.02 Å². The van der Waals surface area contributed by atoms with E-state index in [9.17, 15) is 18.0 Å². The first-order valence-corrected chi connectivity index (χ1v) is 9.47. The summed E-state index contributed by atoms with van der Waals surface area (Å²) >= 11 is 6.37. The monoisotopic (exact) mass is 417 g/mol. The number of carbonyl (C=O) groups is 1. The van der Waals surface area contributed by atoms with Crippen LogP contribution in [0.25, 0.3) is 0 Å². The van der Waals surface area contributed by atoms with Gasteiger partial charge in [-0.05, 0) is 55.1 Å². The van der Waals surface area contributed by atoms with E-state index in [0.29, 0.717) is 28.6 Å². The third-order valence-corrected chi connectivity index (χ3v) is 4.62. The molecule has 0 saturated heterocycles. The number of carbonyl (C=O) groups excluding carboxylic acids is 1. The third kappa shape index (κ3) is 7.40. The fourth-order valence-electron chi connectivity index (χ4n) is 2.65. The maximum atomic E-state index is 13.3.